The summed E-state index contributed by atoms with van der Waals surface area (Å²) in [6.45, 7) is 0. The summed E-state index contributed by atoms with van der Waals surface area (Å²) in [6.07, 6.45) is 2.65. The number of para-hydroxylation sites is 2. The maximum Gasteiger partial charge on any atom is 0.145 e. The van der Waals surface area contributed by atoms with Crippen LogP contribution in [0.3, 0.4) is 0 Å². The van der Waals surface area contributed by atoms with E-state index in [9.17, 15) is 4.79 Å². The van der Waals surface area contributed by atoms with Crippen molar-refractivity contribution in [3.05, 3.63) is 101 Å². The molecular weight excluding hydrogens is 408 g/mol. The predicted molar refractivity (Wildman–Crippen MR) is 125 cm³/mol. The zero-order valence-electron chi connectivity index (χ0n) is 17.1. The zero-order valence-corrected chi connectivity index (χ0v) is 17.9. The van der Waals surface area contributed by atoms with Gasteiger partial charge in [0.25, 0.3) is 0 Å². The van der Waals surface area contributed by atoms with Crippen LogP contribution in [-0.2, 0) is 4.79 Å². The number of rotatable bonds is 3. The molecule has 0 spiro atoms. The second-order valence-electron chi connectivity index (χ2n) is 8.00. The Hall–Kier alpha value is -3.24. The summed E-state index contributed by atoms with van der Waals surface area (Å²) < 4.78 is 5.44. The number of carbonyl (C=O) groups excluding carboxylic acids is 1. The predicted octanol–water partition coefficient (Wildman–Crippen LogP) is 6.18. The molecule has 5 heteroatoms. The number of anilines is 2. The Morgan fingerprint density at radius 2 is 1.71 bits per heavy atom. The van der Waals surface area contributed by atoms with Crippen molar-refractivity contribution in [3.63, 3.8) is 0 Å². The second kappa shape index (κ2) is 8.12. The Morgan fingerprint density at radius 1 is 0.935 bits per heavy atom. The zero-order chi connectivity index (χ0) is 21.4. The summed E-state index contributed by atoms with van der Waals surface area (Å²) in [5.41, 5.74) is 4.98. The molecular formula is C26H23ClN2O2. The smallest absolute Gasteiger partial charge is 0.145 e. The third-order valence-electron chi connectivity index (χ3n) is 6.09. The summed E-state index contributed by atoms with van der Waals surface area (Å²) in [6, 6.07) is 23.6. The van der Waals surface area contributed by atoms with Crippen LogP contribution in [0.2, 0.25) is 5.02 Å². The summed E-state index contributed by atoms with van der Waals surface area (Å²) in [4.78, 5) is 13.5. The van der Waals surface area contributed by atoms with E-state index in [1.54, 1.807) is 7.11 Å². The minimum Gasteiger partial charge on any atom is -0.497 e. The number of allylic oxidation sites excluding steroid dienone is 1. The van der Waals surface area contributed by atoms with Gasteiger partial charge in [0.15, 0.2) is 0 Å². The molecule has 4 nitrogen and oxygen atoms in total. The molecule has 156 valence electrons. The Bertz CT molecular complexity index is 1160. The van der Waals surface area contributed by atoms with E-state index in [1.807, 2.05) is 72.8 Å². The van der Waals surface area contributed by atoms with Crippen LogP contribution in [0.15, 0.2) is 84.6 Å². The van der Waals surface area contributed by atoms with E-state index in [4.69, 9.17) is 16.3 Å². The van der Waals surface area contributed by atoms with Gasteiger partial charge in [-0.15, -0.1) is 0 Å². The molecule has 2 N–H and O–H groups in total. The molecule has 0 aromatic heterocycles. The second-order valence-corrected chi connectivity index (χ2v) is 8.43. The molecule has 0 amide bonds. The van der Waals surface area contributed by atoms with Gasteiger partial charge in [-0.2, -0.15) is 0 Å². The van der Waals surface area contributed by atoms with E-state index >= 15 is 0 Å². The van der Waals surface area contributed by atoms with E-state index in [0.29, 0.717) is 11.4 Å². The fourth-order valence-corrected chi connectivity index (χ4v) is 4.67. The lowest BCUT2D eigenvalue weighted by Gasteiger charge is -2.32. The first kappa shape index (κ1) is 19.7. The summed E-state index contributed by atoms with van der Waals surface area (Å²) in [7, 11) is 1.66. The first-order valence-electron chi connectivity index (χ1n) is 10.4. The highest BCUT2D eigenvalue weighted by atomic mass is 35.5. The number of ether oxygens (including phenoxy) is 1. The molecule has 0 fully saturated rings. The molecule has 31 heavy (non-hydrogen) atoms. The highest BCUT2D eigenvalue weighted by Crippen LogP contribution is 2.44. The van der Waals surface area contributed by atoms with Crippen molar-refractivity contribution in [2.75, 3.05) is 17.7 Å². The van der Waals surface area contributed by atoms with Gasteiger partial charge in [0.05, 0.1) is 30.4 Å². The lowest BCUT2D eigenvalue weighted by Crippen LogP contribution is -2.33. The number of carbonyl (C=O) groups is 1. The molecule has 0 radical (unpaired) electrons. The van der Waals surface area contributed by atoms with E-state index in [2.05, 4.69) is 16.7 Å². The topological polar surface area (TPSA) is 50.4 Å². The third kappa shape index (κ3) is 3.79. The van der Waals surface area contributed by atoms with E-state index in [-0.39, 0.29) is 23.7 Å². The maximum atomic E-state index is 13.5. The van der Waals surface area contributed by atoms with Gasteiger partial charge in [0, 0.05) is 23.1 Å². The van der Waals surface area contributed by atoms with Gasteiger partial charge in [-0.25, -0.2) is 0 Å². The highest BCUT2D eigenvalue weighted by Gasteiger charge is 2.39. The normalized spacial score (nSPS) is 22.2. The van der Waals surface area contributed by atoms with Crippen molar-refractivity contribution in [2.45, 2.75) is 18.4 Å². The molecule has 0 saturated carbocycles. The number of benzene rings is 3. The van der Waals surface area contributed by atoms with Crippen LogP contribution in [0.5, 0.6) is 5.75 Å². The minimum absolute atomic E-state index is 0.0136. The lowest BCUT2D eigenvalue weighted by atomic mass is 9.76. The van der Waals surface area contributed by atoms with Gasteiger partial charge in [0.2, 0.25) is 0 Å². The average Bonchev–Trinajstić information content (AvgIpc) is 2.96. The molecule has 5 rings (SSSR count). The molecule has 0 bridgehead atoms. The van der Waals surface area contributed by atoms with Gasteiger partial charge in [0.1, 0.15) is 11.5 Å². The monoisotopic (exact) mass is 430 g/mol. The van der Waals surface area contributed by atoms with Crippen LogP contribution in [0, 0.1) is 5.92 Å². The highest BCUT2D eigenvalue weighted by molar-refractivity contribution is 6.30. The number of ketones is 1. The van der Waals surface area contributed by atoms with Crippen LogP contribution in [0.25, 0.3) is 0 Å². The fraction of sp³-hybridized carbons (Fsp3) is 0.192. The Kier molecular flexibility index (Phi) is 5.16. The van der Waals surface area contributed by atoms with Crippen molar-refractivity contribution < 1.29 is 9.53 Å². The van der Waals surface area contributed by atoms with Gasteiger partial charge < -0.3 is 15.4 Å². The summed E-state index contributed by atoms with van der Waals surface area (Å²) in [5.74, 6) is 0.679. The Labute approximate surface area is 186 Å². The van der Waals surface area contributed by atoms with Gasteiger partial charge in [-0.1, -0.05) is 54.1 Å². The van der Waals surface area contributed by atoms with E-state index in [0.717, 1.165) is 33.9 Å². The number of hydrogen-bond acceptors (Lipinski definition) is 4. The molecule has 3 aromatic carbocycles. The quantitative estimate of drug-likeness (QED) is 0.520. The van der Waals surface area contributed by atoms with Gasteiger partial charge in [-0.05, 0) is 47.5 Å². The number of halogens is 1. The Balaban J connectivity index is 1.61. The summed E-state index contributed by atoms with van der Waals surface area (Å²) >= 11 is 6.07. The molecule has 1 aliphatic carbocycles. The van der Waals surface area contributed by atoms with Crippen molar-refractivity contribution in [3.8, 4) is 5.75 Å². The number of hydrogen-bond donors (Lipinski definition) is 2. The Morgan fingerprint density at radius 3 is 2.48 bits per heavy atom. The molecule has 2 aliphatic rings. The molecule has 1 aliphatic heterocycles. The number of fused-ring (bicyclic) bond motifs is 2. The van der Waals surface area contributed by atoms with Gasteiger partial charge >= 0.3 is 0 Å². The minimum atomic E-state index is -0.317. The largest absolute Gasteiger partial charge is 0.497 e. The standard InChI is InChI=1S/C26H23ClN2O2/c1-31-20-6-4-5-17(13-20)26-25-23(28-21-7-2-3-8-22(21)29-26)14-18(15-24(25)30)16-9-11-19(27)12-10-16/h2-14,18,25-26,28-29H,15H2,1H3. The summed E-state index contributed by atoms with van der Waals surface area (Å²) in [5, 5.41) is 7.87. The van der Waals surface area contributed by atoms with Crippen LogP contribution >= 0.6 is 11.6 Å². The molecule has 3 aromatic rings. The fourth-order valence-electron chi connectivity index (χ4n) is 4.54. The van der Waals surface area contributed by atoms with Gasteiger partial charge in [-0.3, -0.25) is 4.79 Å². The first-order valence-corrected chi connectivity index (χ1v) is 10.8. The number of methoxy groups -OCH3 is 1. The maximum absolute atomic E-state index is 13.5. The van der Waals surface area contributed by atoms with Crippen LogP contribution in [-0.4, -0.2) is 12.9 Å². The van der Waals surface area contributed by atoms with Crippen molar-refractivity contribution in [1.29, 1.82) is 0 Å². The number of Topliss-reactive ketones (excluding diaryl/α,β-unsaturated/α-hetero) is 1. The molecule has 3 atom stereocenters. The lowest BCUT2D eigenvalue weighted by molar-refractivity contribution is -0.122. The van der Waals surface area contributed by atoms with Crippen molar-refractivity contribution >= 4 is 28.8 Å². The molecule has 3 unspecified atom stereocenters. The van der Waals surface area contributed by atoms with Crippen LogP contribution in [0.4, 0.5) is 11.4 Å². The average molecular weight is 431 g/mol. The first-order chi connectivity index (χ1) is 15.1. The SMILES string of the molecule is COc1cccc(C2Nc3ccccc3NC3=CC(c4ccc(Cl)cc4)CC(=O)C32)c1. The molecule has 0 saturated heterocycles. The van der Waals surface area contributed by atoms with Crippen molar-refractivity contribution in [2.24, 2.45) is 5.92 Å². The van der Waals surface area contributed by atoms with E-state index < -0.39 is 0 Å². The van der Waals surface area contributed by atoms with Crippen molar-refractivity contribution in [1.82, 2.24) is 0 Å². The molecule has 1 heterocycles. The third-order valence-corrected chi connectivity index (χ3v) is 6.34. The van der Waals surface area contributed by atoms with E-state index in [1.165, 1.54) is 0 Å². The van der Waals surface area contributed by atoms with Crippen LogP contribution in [0.1, 0.15) is 29.5 Å². The number of nitrogens with one attached hydrogen (secondary N) is 2. The van der Waals surface area contributed by atoms with Crippen LogP contribution < -0.4 is 15.4 Å².